The number of benzene rings is 7. The summed E-state index contributed by atoms with van der Waals surface area (Å²) in [6.45, 7) is 1.34. The first-order chi connectivity index (χ1) is 36.1. The number of cyclic esters (lactones) is 1. The van der Waals surface area contributed by atoms with Crippen molar-refractivity contribution in [3.63, 3.8) is 0 Å². The van der Waals surface area contributed by atoms with Crippen LogP contribution in [0, 0.1) is 17.8 Å². The van der Waals surface area contributed by atoms with E-state index in [-0.39, 0.29) is 31.0 Å². The number of anilines is 1. The van der Waals surface area contributed by atoms with Crippen molar-refractivity contribution >= 4 is 29.5 Å². The van der Waals surface area contributed by atoms with E-state index in [1.807, 2.05) is 121 Å². The van der Waals surface area contributed by atoms with Crippen molar-refractivity contribution in [2.75, 3.05) is 31.8 Å². The van der Waals surface area contributed by atoms with Crippen LogP contribution in [-0.2, 0) is 24.5 Å². The number of fused-ring (bicyclic) bond motifs is 3. The molecule has 7 aromatic carbocycles. The fourth-order valence-electron chi connectivity index (χ4n) is 10.9. The van der Waals surface area contributed by atoms with Gasteiger partial charge in [0.15, 0.2) is 0 Å². The first-order valence-electron chi connectivity index (χ1n) is 24.5. The van der Waals surface area contributed by atoms with Crippen LogP contribution in [-0.4, -0.2) is 71.8 Å². The molecular weight excluding hydrogens is 933 g/mol. The van der Waals surface area contributed by atoms with Crippen molar-refractivity contribution in [2.45, 2.75) is 48.7 Å². The summed E-state index contributed by atoms with van der Waals surface area (Å²) in [7, 11) is 1.58. The fourth-order valence-corrected chi connectivity index (χ4v) is 10.9. The van der Waals surface area contributed by atoms with Crippen molar-refractivity contribution in [1.29, 1.82) is 0 Å². The zero-order valence-corrected chi connectivity index (χ0v) is 40.7. The number of methoxy groups -OCH3 is 1. The lowest BCUT2D eigenvalue weighted by atomic mass is 9.65. The van der Waals surface area contributed by atoms with Gasteiger partial charge in [0.2, 0.25) is 11.8 Å². The number of nitrogens with zero attached hydrogens (tertiary/aromatic N) is 2. The van der Waals surface area contributed by atoms with E-state index in [1.54, 1.807) is 86.0 Å². The Morgan fingerprint density at radius 2 is 1.28 bits per heavy atom. The SMILES string of the molecule is COc1ccc(C#Cc2ccc3c(c2)C2(C(=O)N3C(=O)NC(C)c3ccccc3)C(C(=O)NCC(O)c3ccccc3)C3C(=O)OC(c4ccccc4)C(c4ccccc4)N3C2c2ccc(OCCO)cc2)cc1. The number of rotatable bonds is 13. The normalized spacial score (nSPS) is 21.6. The maximum Gasteiger partial charge on any atom is 0.329 e. The summed E-state index contributed by atoms with van der Waals surface area (Å²) < 4.78 is 17.8. The molecule has 0 aromatic heterocycles. The monoisotopic (exact) mass is 986 g/mol. The molecule has 1 spiro atoms. The molecule has 74 heavy (non-hydrogen) atoms. The van der Waals surface area contributed by atoms with Crippen LogP contribution in [0.1, 0.15) is 81.8 Å². The molecule has 0 aliphatic carbocycles. The van der Waals surface area contributed by atoms with Gasteiger partial charge in [0.25, 0.3) is 0 Å². The van der Waals surface area contributed by atoms with E-state index in [0.29, 0.717) is 39.3 Å². The van der Waals surface area contributed by atoms with Crippen molar-refractivity contribution in [1.82, 2.24) is 15.5 Å². The maximum absolute atomic E-state index is 16.8. The van der Waals surface area contributed by atoms with Crippen LogP contribution in [0.5, 0.6) is 11.5 Å². The third-order valence-electron chi connectivity index (χ3n) is 14.2. The highest BCUT2D eigenvalue weighted by Gasteiger charge is 2.75. The summed E-state index contributed by atoms with van der Waals surface area (Å²) >= 11 is 0. The molecule has 7 aromatic rings. The number of esters is 1. The minimum absolute atomic E-state index is 0.0241. The van der Waals surface area contributed by atoms with Crippen LogP contribution in [0.2, 0.25) is 0 Å². The second kappa shape index (κ2) is 21.3. The summed E-state index contributed by atoms with van der Waals surface area (Å²) in [6.07, 6.45) is -2.11. The lowest BCUT2D eigenvalue weighted by Gasteiger charge is -2.46. The van der Waals surface area contributed by atoms with E-state index in [4.69, 9.17) is 14.2 Å². The zero-order chi connectivity index (χ0) is 51.3. The molecular formula is C61H54N4O9. The third kappa shape index (κ3) is 9.15. The van der Waals surface area contributed by atoms with E-state index < -0.39 is 71.5 Å². The quantitative estimate of drug-likeness (QED) is 0.0651. The Balaban J connectivity index is 1.24. The largest absolute Gasteiger partial charge is 0.497 e. The summed E-state index contributed by atoms with van der Waals surface area (Å²) in [5.41, 5.74) is 2.81. The highest BCUT2D eigenvalue weighted by Crippen LogP contribution is 2.66. The van der Waals surface area contributed by atoms with Crippen molar-refractivity contribution < 1.29 is 43.6 Å². The van der Waals surface area contributed by atoms with E-state index in [0.717, 1.165) is 16.0 Å². The predicted molar refractivity (Wildman–Crippen MR) is 278 cm³/mol. The first kappa shape index (κ1) is 49.1. The van der Waals surface area contributed by atoms with Gasteiger partial charge in [0, 0.05) is 17.7 Å². The number of hydrogen-bond donors (Lipinski definition) is 4. The van der Waals surface area contributed by atoms with Crippen molar-refractivity contribution in [3.8, 4) is 23.3 Å². The van der Waals surface area contributed by atoms with Crippen molar-refractivity contribution in [2.24, 2.45) is 5.92 Å². The lowest BCUT2D eigenvalue weighted by molar-refractivity contribution is -0.178. The number of aliphatic hydroxyl groups excluding tert-OH is 2. The molecule has 8 atom stereocenters. The molecule has 8 unspecified atom stereocenters. The predicted octanol–water partition coefficient (Wildman–Crippen LogP) is 8.45. The number of ether oxygens (including phenoxy) is 3. The molecule has 0 saturated carbocycles. The molecule has 3 aliphatic heterocycles. The average molecular weight is 987 g/mol. The average Bonchev–Trinajstić information content (AvgIpc) is 4.07. The Morgan fingerprint density at radius 3 is 1.92 bits per heavy atom. The second-order valence-corrected chi connectivity index (χ2v) is 18.5. The summed E-state index contributed by atoms with van der Waals surface area (Å²) in [5.74, 6) is 3.74. The molecule has 3 aliphatic rings. The lowest BCUT2D eigenvalue weighted by Crippen LogP contribution is -2.56. The number of morpholine rings is 1. The van der Waals surface area contributed by atoms with Gasteiger partial charge in [0.05, 0.1) is 49.6 Å². The standard InChI is InChI=1S/C61H54N4O9/c1-39(42-15-7-3-8-16-42)63-60(71)64-50-34-27-41(24-23-40-25-30-47(72-2)31-26-40)37-49(50)61(59(64)70)52(57(68)62-38-51(67)43-17-9-4-10-18-43)54-58(69)74-55(45-21-13-6-14-22-45)53(44-19-11-5-12-20-44)65(54)56(61)46-28-32-48(33-29-46)73-36-35-66/h3-22,25-34,37,39,51-56,66-67H,35-36,38H2,1-2H3,(H,62,68)(H,63,71). The Labute approximate surface area is 429 Å². The Morgan fingerprint density at radius 1 is 0.703 bits per heavy atom. The van der Waals surface area contributed by atoms with Gasteiger partial charge in [-0.3, -0.25) is 19.3 Å². The number of nitrogens with one attached hydrogen (secondary N) is 2. The maximum atomic E-state index is 16.8. The van der Waals surface area contributed by atoms with Gasteiger partial charge in [-0.1, -0.05) is 145 Å². The van der Waals surface area contributed by atoms with Gasteiger partial charge in [-0.2, -0.15) is 0 Å². The second-order valence-electron chi connectivity index (χ2n) is 18.5. The third-order valence-corrected chi connectivity index (χ3v) is 14.2. The highest BCUT2D eigenvalue weighted by molar-refractivity contribution is 6.24. The molecule has 4 N–H and O–H groups in total. The smallest absolute Gasteiger partial charge is 0.329 e. The number of hydrogen-bond acceptors (Lipinski definition) is 10. The number of amides is 4. The Hall–Kier alpha value is -8.54. The molecule has 372 valence electrons. The van der Waals surface area contributed by atoms with E-state index in [2.05, 4.69) is 22.5 Å². The van der Waals surface area contributed by atoms with Gasteiger partial charge < -0.3 is 35.1 Å². The minimum Gasteiger partial charge on any atom is -0.497 e. The molecule has 13 heteroatoms. The van der Waals surface area contributed by atoms with E-state index >= 15 is 19.2 Å². The van der Waals surface area contributed by atoms with E-state index in [9.17, 15) is 10.2 Å². The fraction of sp³-hybridized carbons (Fsp3) is 0.213. The summed E-state index contributed by atoms with van der Waals surface area (Å²) in [5, 5.41) is 27.2. The topological polar surface area (TPSA) is 167 Å². The number of aliphatic hydroxyl groups is 2. The zero-order valence-electron chi connectivity index (χ0n) is 40.7. The number of carbonyl (C=O) groups excluding carboxylic acids is 4. The molecule has 2 saturated heterocycles. The van der Waals surface area contributed by atoms with Crippen LogP contribution in [0.15, 0.2) is 188 Å². The van der Waals surface area contributed by atoms with E-state index in [1.165, 1.54) is 0 Å². The van der Waals surface area contributed by atoms with Gasteiger partial charge in [-0.05, 0) is 94.9 Å². The molecule has 0 radical (unpaired) electrons. The van der Waals surface area contributed by atoms with Crippen LogP contribution in [0.25, 0.3) is 0 Å². The van der Waals surface area contributed by atoms with Crippen LogP contribution in [0.4, 0.5) is 10.5 Å². The Kier molecular flexibility index (Phi) is 14.1. The van der Waals surface area contributed by atoms with Crippen molar-refractivity contribution in [3.05, 3.63) is 233 Å². The number of imide groups is 1. The molecule has 0 bridgehead atoms. The number of carbonyl (C=O) groups is 4. The van der Waals surface area contributed by atoms with Gasteiger partial charge >= 0.3 is 12.0 Å². The summed E-state index contributed by atoms with van der Waals surface area (Å²) in [4.78, 5) is 66.5. The minimum atomic E-state index is -2.09. The summed E-state index contributed by atoms with van der Waals surface area (Å²) in [6, 6.07) is 51.7. The molecule has 10 rings (SSSR count). The van der Waals surface area contributed by atoms with Crippen LogP contribution in [0.3, 0.4) is 0 Å². The van der Waals surface area contributed by atoms with Gasteiger partial charge in [-0.15, -0.1) is 0 Å². The molecule has 2 fully saturated rings. The molecule has 3 heterocycles. The van der Waals surface area contributed by atoms with Crippen LogP contribution < -0.4 is 25.0 Å². The molecule has 4 amide bonds. The first-order valence-corrected chi connectivity index (χ1v) is 24.5. The van der Waals surface area contributed by atoms with Crippen LogP contribution >= 0.6 is 0 Å². The number of urea groups is 1. The van der Waals surface area contributed by atoms with Gasteiger partial charge in [-0.25, -0.2) is 9.69 Å². The van der Waals surface area contributed by atoms with Gasteiger partial charge in [0.1, 0.15) is 35.7 Å². The Bertz CT molecular complexity index is 3200. The highest BCUT2D eigenvalue weighted by atomic mass is 16.6. The molecule has 13 nitrogen and oxygen atoms in total.